The molecule has 3 rings (SSSR count). The Balaban J connectivity index is 2.17. The quantitative estimate of drug-likeness (QED) is 0.687. The number of nitrogens with one attached hydrogen (secondary N) is 1. The van der Waals surface area contributed by atoms with Crippen LogP contribution in [0.25, 0.3) is 11.0 Å². The van der Waals surface area contributed by atoms with Crippen molar-refractivity contribution >= 4 is 34.9 Å². The lowest BCUT2D eigenvalue weighted by Gasteiger charge is -2.05. The second kappa shape index (κ2) is 4.59. The molecule has 0 aliphatic carbocycles. The number of H-pyrrole nitrogens is 1. The molecule has 0 aliphatic rings. The maximum atomic E-state index is 6.25. The fourth-order valence-corrected chi connectivity index (χ4v) is 2.63. The molecular formula is C14H11ClN2S. The van der Waals surface area contributed by atoms with Gasteiger partial charge in [0, 0.05) is 0 Å². The number of halogens is 1. The molecule has 0 bridgehead atoms. The number of aromatic amines is 1. The van der Waals surface area contributed by atoms with E-state index in [-0.39, 0.29) is 0 Å². The summed E-state index contributed by atoms with van der Waals surface area (Å²) in [7, 11) is 0. The molecule has 2 aromatic carbocycles. The van der Waals surface area contributed by atoms with E-state index in [0.717, 1.165) is 22.6 Å². The summed E-state index contributed by atoms with van der Waals surface area (Å²) in [5.74, 6) is 0. The van der Waals surface area contributed by atoms with E-state index in [0.29, 0.717) is 4.77 Å². The molecule has 0 amide bonds. The molecule has 0 saturated heterocycles. The van der Waals surface area contributed by atoms with Gasteiger partial charge in [-0.3, -0.25) is 0 Å². The van der Waals surface area contributed by atoms with Crippen LogP contribution in [0.4, 0.5) is 0 Å². The van der Waals surface area contributed by atoms with Crippen molar-refractivity contribution in [2.75, 3.05) is 0 Å². The Bertz CT molecular complexity index is 743. The fourth-order valence-electron chi connectivity index (χ4n) is 2.09. The maximum absolute atomic E-state index is 6.25. The van der Waals surface area contributed by atoms with Crippen molar-refractivity contribution < 1.29 is 0 Å². The van der Waals surface area contributed by atoms with Crippen molar-refractivity contribution in [2.45, 2.75) is 6.54 Å². The van der Waals surface area contributed by atoms with Crippen molar-refractivity contribution in [2.24, 2.45) is 0 Å². The number of hydrogen-bond acceptors (Lipinski definition) is 1. The van der Waals surface area contributed by atoms with E-state index >= 15 is 0 Å². The van der Waals surface area contributed by atoms with Gasteiger partial charge in [-0.2, -0.15) is 0 Å². The van der Waals surface area contributed by atoms with Crippen LogP contribution in [-0.4, -0.2) is 9.55 Å². The number of benzene rings is 2. The van der Waals surface area contributed by atoms with Gasteiger partial charge < -0.3 is 9.55 Å². The van der Waals surface area contributed by atoms with E-state index in [2.05, 4.69) is 17.1 Å². The van der Waals surface area contributed by atoms with Crippen molar-refractivity contribution in [1.82, 2.24) is 9.55 Å². The summed E-state index contributed by atoms with van der Waals surface area (Å²) in [4.78, 5) is 3.18. The van der Waals surface area contributed by atoms with Crippen molar-refractivity contribution in [1.29, 1.82) is 0 Å². The minimum absolute atomic E-state index is 0.696. The molecule has 0 saturated carbocycles. The van der Waals surface area contributed by atoms with Crippen LogP contribution in [0.5, 0.6) is 0 Å². The first-order valence-corrected chi connectivity index (χ1v) is 6.45. The van der Waals surface area contributed by atoms with E-state index in [9.17, 15) is 0 Å². The Hall–Kier alpha value is -1.58. The Labute approximate surface area is 115 Å². The van der Waals surface area contributed by atoms with Gasteiger partial charge in [0.15, 0.2) is 4.77 Å². The van der Waals surface area contributed by atoms with Crippen LogP contribution in [0.1, 0.15) is 5.56 Å². The van der Waals surface area contributed by atoms with Crippen molar-refractivity contribution in [3.63, 3.8) is 0 Å². The molecule has 0 fully saturated rings. The Morgan fingerprint density at radius 1 is 1.06 bits per heavy atom. The summed E-state index contributed by atoms with van der Waals surface area (Å²) in [6, 6.07) is 16.0. The van der Waals surface area contributed by atoms with Gasteiger partial charge in [0.05, 0.1) is 22.6 Å². The Kier molecular flexibility index (Phi) is 2.94. The highest BCUT2D eigenvalue weighted by molar-refractivity contribution is 7.71. The predicted molar refractivity (Wildman–Crippen MR) is 77.7 cm³/mol. The molecule has 1 heterocycles. The molecule has 1 aromatic heterocycles. The number of para-hydroxylation sites is 1. The Morgan fingerprint density at radius 2 is 1.83 bits per heavy atom. The number of aromatic nitrogens is 2. The molecule has 18 heavy (non-hydrogen) atoms. The van der Waals surface area contributed by atoms with Gasteiger partial charge in [0.25, 0.3) is 0 Å². The molecule has 0 aliphatic heterocycles. The fraction of sp³-hybridized carbons (Fsp3) is 0.0714. The zero-order chi connectivity index (χ0) is 12.5. The van der Waals surface area contributed by atoms with Gasteiger partial charge in [-0.25, -0.2) is 0 Å². The molecule has 90 valence electrons. The lowest BCUT2D eigenvalue weighted by molar-refractivity contribution is 0.810. The van der Waals surface area contributed by atoms with E-state index in [1.165, 1.54) is 5.56 Å². The topological polar surface area (TPSA) is 20.7 Å². The average Bonchev–Trinajstić information content (AvgIpc) is 2.69. The third-order valence-corrected chi connectivity index (χ3v) is 3.55. The Morgan fingerprint density at radius 3 is 2.61 bits per heavy atom. The van der Waals surface area contributed by atoms with Gasteiger partial charge in [0.2, 0.25) is 0 Å². The summed E-state index contributed by atoms with van der Waals surface area (Å²) >= 11 is 11.6. The van der Waals surface area contributed by atoms with Gasteiger partial charge in [-0.15, -0.1) is 0 Å². The number of rotatable bonds is 2. The third kappa shape index (κ3) is 1.96. The molecule has 1 N–H and O–H groups in total. The van der Waals surface area contributed by atoms with Crippen LogP contribution in [-0.2, 0) is 6.54 Å². The lowest BCUT2D eigenvalue weighted by atomic mass is 10.2. The van der Waals surface area contributed by atoms with Crippen molar-refractivity contribution in [3.8, 4) is 0 Å². The minimum atomic E-state index is 0.696. The van der Waals surface area contributed by atoms with Crippen molar-refractivity contribution in [3.05, 3.63) is 63.9 Å². The van der Waals surface area contributed by atoms with E-state index in [1.807, 2.05) is 41.0 Å². The van der Waals surface area contributed by atoms with Gasteiger partial charge in [-0.05, 0) is 29.9 Å². The summed E-state index contributed by atoms with van der Waals surface area (Å²) in [6.45, 7) is 0.726. The molecule has 0 radical (unpaired) electrons. The number of fused-ring (bicyclic) bond motifs is 1. The second-order valence-corrected chi connectivity index (χ2v) is 4.93. The van der Waals surface area contributed by atoms with Crippen LogP contribution < -0.4 is 0 Å². The number of nitrogens with zero attached hydrogens (tertiary/aromatic N) is 1. The maximum Gasteiger partial charge on any atom is 0.178 e. The van der Waals surface area contributed by atoms with E-state index < -0.39 is 0 Å². The SMILES string of the molecule is S=c1[nH]c2cccc(Cl)c2n1Cc1ccccc1. The van der Waals surface area contributed by atoms with E-state index in [1.54, 1.807) is 0 Å². The average molecular weight is 275 g/mol. The second-order valence-electron chi connectivity index (χ2n) is 4.14. The summed E-state index contributed by atoms with van der Waals surface area (Å²) < 4.78 is 2.73. The first-order chi connectivity index (χ1) is 8.75. The molecule has 3 aromatic rings. The normalized spacial score (nSPS) is 10.9. The zero-order valence-electron chi connectivity index (χ0n) is 9.56. The van der Waals surface area contributed by atoms with Crippen LogP contribution in [0.15, 0.2) is 48.5 Å². The van der Waals surface area contributed by atoms with Gasteiger partial charge in [0.1, 0.15) is 0 Å². The highest BCUT2D eigenvalue weighted by Gasteiger charge is 2.07. The standard InChI is InChI=1S/C14H11ClN2S/c15-11-7-4-8-12-13(11)17(14(18)16-12)9-10-5-2-1-3-6-10/h1-8H,9H2,(H,16,18). The van der Waals surface area contributed by atoms with Crippen LogP contribution in [0.2, 0.25) is 5.02 Å². The molecule has 0 unspecified atom stereocenters. The molecule has 0 atom stereocenters. The third-order valence-electron chi connectivity index (χ3n) is 2.93. The largest absolute Gasteiger partial charge is 0.331 e. The first-order valence-electron chi connectivity index (χ1n) is 5.66. The summed E-state index contributed by atoms with van der Waals surface area (Å²) in [5.41, 5.74) is 3.14. The molecule has 4 heteroatoms. The van der Waals surface area contributed by atoms with Gasteiger partial charge in [-0.1, -0.05) is 48.0 Å². The highest BCUT2D eigenvalue weighted by Crippen LogP contribution is 2.24. The minimum Gasteiger partial charge on any atom is -0.331 e. The zero-order valence-corrected chi connectivity index (χ0v) is 11.1. The molecule has 0 spiro atoms. The summed E-state index contributed by atoms with van der Waals surface area (Å²) in [5, 5.41) is 0.718. The van der Waals surface area contributed by atoms with Crippen LogP contribution >= 0.6 is 23.8 Å². The molecular weight excluding hydrogens is 264 g/mol. The molecule has 2 nitrogen and oxygen atoms in total. The smallest absolute Gasteiger partial charge is 0.178 e. The van der Waals surface area contributed by atoms with Crippen LogP contribution in [0, 0.1) is 4.77 Å². The lowest BCUT2D eigenvalue weighted by Crippen LogP contribution is -1.99. The van der Waals surface area contributed by atoms with Gasteiger partial charge >= 0.3 is 0 Å². The van der Waals surface area contributed by atoms with Crippen LogP contribution in [0.3, 0.4) is 0 Å². The first kappa shape index (κ1) is 11.5. The van der Waals surface area contributed by atoms with E-state index in [4.69, 9.17) is 23.8 Å². The monoisotopic (exact) mass is 274 g/mol. The number of imidazole rings is 1. The number of hydrogen-bond donors (Lipinski definition) is 1. The highest BCUT2D eigenvalue weighted by atomic mass is 35.5. The predicted octanol–water partition coefficient (Wildman–Crippen LogP) is 4.40. The summed E-state index contributed by atoms with van der Waals surface area (Å²) in [6.07, 6.45) is 0.